The van der Waals surface area contributed by atoms with E-state index in [0.29, 0.717) is 27.4 Å². The first kappa shape index (κ1) is 12.7. The van der Waals surface area contributed by atoms with E-state index in [4.69, 9.17) is 0 Å². The van der Waals surface area contributed by atoms with Crippen LogP contribution in [0.3, 0.4) is 0 Å². The van der Waals surface area contributed by atoms with Gasteiger partial charge in [-0.1, -0.05) is 5.16 Å². The number of nitrogens with one attached hydrogen (secondary N) is 1. The fraction of sp³-hybridized carbons (Fsp3) is 0.182. The Bertz CT molecular complexity index is 596. The third kappa shape index (κ3) is 2.56. The van der Waals surface area contributed by atoms with Crippen LogP contribution in [0, 0.1) is 12.7 Å². The first-order chi connectivity index (χ1) is 8.61. The number of amidine groups is 1. The van der Waals surface area contributed by atoms with Crippen LogP contribution in [0.5, 0.6) is 0 Å². The summed E-state index contributed by atoms with van der Waals surface area (Å²) in [6.45, 7) is 1.76. The van der Waals surface area contributed by atoms with Gasteiger partial charge in [-0.2, -0.15) is 0 Å². The summed E-state index contributed by atoms with van der Waals surface area (Å²) in [4.78, 5) is 4.07. The van der Waals surface area contributed by atoms with Gasteiger partial charge in [0.1, 0.15) is 11.5 Å². The Labute approximate surface area is 111 Å². The monoisotopic (exact) mass is 312 g/mol. The van der Waals surface area contributed by atoms with E-state index in [1.54, 1.807) is 26.1 Å². The van der Waals surface area contributed by atoms with E-state index >= 15 is 0 Å². The SMILES string of the molecule is CN=C(Nc1ccc(F)c(Br)c1)c1nonc1C. The van der Waals surface area contributed by atoms with Gasteiger partial charge in [-0.3, -0.25) is 4.99 Å². The second kappa shape index (κ2) is 5.26. The zero-order valence-electron chi connectivity index (χ0n) is 9.74. The molecule has 18 heavy (non-hydrogen) atoms. The van der Waals surface area contributed by atoms with Gasteiger partial charge in [0.05, 0.1) is 4.47 Å². The van der Waals surface area contributed by atoms with Crippen molar-refractivity contribution in [3.63, 3.8) is 0 Å². The molecular formula is C11H10BrFN4O. The van der Waals surface area contributed by atoms with Crippen LogP contribution < -0.4 is 5.32 Å². The van der Waals surface area contributed by atoms with Crippen molar-refractivity contribution in [2.75, 3.05) is 12.4 Å². The van der Waals surface area contributed by atoms with Crippen LogP contribution in [0.1, 0.15) is 11.4 Å². The summed E-state index contributed by atoms with van der Waals surface area (Å²) < 4.78 is 18.1. The predicted octanol–water partition coefficient (Wildman–Crippen LogP) is 2.77. The standard InChI is InChI=1S/C11H10BrFN4O/c1-6-10(17-18-16-6)11(14-2)15-7-3-4-9(13)8(12)5-7/h3-5H,1-2H3,(H,14,15). The molecule has 0 amide bonds. The van der Waals surface area contributed by atoms with Gasteiger partial charge in [-0.05, 0) is 46.2 Å². The fourth-order valence-electron chi connectivity index (χ4n) is 1.38. The first-order valence-electron chi connectivity index (χ1n) is 5.10. The molecule has 0 radical (unpaired) electrons. The second-order valence-electron chi connectivity index (χ2n) is 3.52. The lowest BCUT2D eigenvalue weighted by atomic mass is 10.2. The third-order valence-electron chi connectivity index (χ3n) is 2.28. The van der Waals surface area contributed by atoms with E-state index in [0.717, 1.165) is 0 Å². The molecule has 0 bridgehead atoms. The quantitative estimate of drug-likeness (QED) is 0.684. The Morgan fingerprint density at radius 1 is 1.44 bits per heavy atom. The molecule has 0 unspecified atom stereocenters. The average molecular weight is 313 g/mol. The van der Waals surface area contributed by atoms with Crippen LogP contribution in [-0.4, -0.2) is 23.2 Å². The molecule has 0 spiro atoms. The topological polar surface area (TPSA) is 63.3 Å². The van der Waals surface area contributed by atoms with Crippen molar-refractivity contribution >= 4 is 27.5 Å². The minimum Gasteiger partial charge on any atom is -0.339 e. The number of benzene rings is 1. The van der Waals surface area contributed by atoms with E-state index < -0.39 is 0 Å². The average Bonchev–Trinajstić information content (AvgIpc) is 2.77. The highest BCUT2D eigenvalue weighted by Gasteiger charge is 2.13. The lowest BCUT2D eigenvalue weighted by Gasteiger charge is -2.07. The molecule has 0 saturated heterocycles. The Balaban J connectivity index is 2.27. The summed E-state index contributed by atoms with van der Waals surface area (Å²) in [5, 5.41) is 10.5. The summed E-state index contributed by atoms with van der Waals surface area (Å²) >= 11 is 3.12. The summed E-state index contributed by atoms with van der Waals surface area (Å²) in [7, 11) is 1.62. The van der Waals surface area contributed by atoms with Crippen LogP contribution in [0.2, 0.25) is 0 Å². The summed E-state index contributed by atoms with van der Waals surface area (Å²) in [6.07, 6.45) is 0. The molecule has 2 aromatic rings. The predicted molar refractivity (Wildman–Crippen MR) is 69.2 cm³/mol. The Morgan fingerprint density at radius 3 is 2.78 bits per heavy atom. The molecule has 1 aromatic heterocycles. The molecule has 2 rings (SSSR count). The van der Waals surface area contributed by atoms with E-state index in [1.807, 2.05) is 0 Å². The van der Waals surface area contributed by atoms with Crippen molar-refractivity contribution in [2.45, 2.75) is 6.92 Å². The molecule has 0 aliphatic carbocycles. The highest BCUT2D eigenvalue weighted by atomic mass is 79.9. The molecule has 0 saturated carbocycles. The smallest absolute Gasteiger partial charge is 0.172 e. The van der Waals surface area contributed by atoms with E-state index in [1.165, 1.54) is 6.07 Å². The summed E-state index contributed by atoms with van der Waals surface area (Å²) in [6, 6.07) is 4.57. The Hall–Kier alpha value is -1.76. The fourth-order valence-corrected chi connectivity index (χ4v) is 1.76. The number of aryl methyl sites for hydroxylation is 1. The maximum absolute atomic E-state index is 13.1. The molecule has 7 heteroatoms. The van der Waals surface area contributed by atoms with Crippen molar-refractivity contribution in [1.82, 2.24) is 10.3 Å². The molecule has 0 aliphatic rings. The van der Waals surface area contributed by atoms with Gasteiger partial charge in [0.2, 0.25) is 0 Å². The highest BCUT2D eigenvalue weighted by molar-refractivity contribution is 9.10. The maximum atomic E-state index is 13.1. The molecular weight excluding hydrogens is 303 g/mol. The second-order valence-corrected chi connectivity index (χ2v) is 4.38. The molecule has 94 valence electrons. The van der Waals surface area contributed by atoms with Crippen LogP contribution in [-0.2, 0) is 0 Å². The zero-order chi connectivity index (χ0) is 13.1. The number of anilines is 1. The van der Waals surface area contributed by atoms with Crippen LogP contribution in [0.25, 0.3) is 0 Å². The first-order valence-corrected chi connectivity index (χ1v) is 5.89. The molecule has 5 nitrogen and oxygen atoms in total. The molecule has 1 aromatic carbocycles. The highest BCUT2D eigenvalue weighted by Crippen LogP contribution is 2.20. The molecule has 0 fully saturated rings. The van der Waals surface area contributed by atoms with Crippen molar-refractivity contribution in [2.24, 2.45) is 4.99 Å². The van der Waals surface area contributed by atoms with Crippen molar-refractivity contribution in [1.29, 1.82) is 0 Å². The minimum absolute atomic E-state index is 0.324. The number of rotatable bonds is 2. The normalized spacial score (nSPS) is 11.7. The van der Waals surface area contributed by atoms with Crippen LogP contribution >= 0.6 is 15.9 Å². The van der Waals surface area contributed by atoms with Crippen molar-refractivity contribution in [3.8, 4) is 0 Å². The van der Waals surface area contributed by atoms with E-state index in [9.17, 15) is 4.39 Å². The summed E-state index contributed by atoms with van der Waals surface area (Å²) in [5.74, 6) is 0.182. The lowest BCUT2D eigenvalue weighted by molar-refractivity contribution is 0.304. The minimum atomic E-state index is -0.324. The summed E-state index contributed by atoms with van der Waals surface area (Å²) in [5.41, 5.74) is 1.84. The van der Waals surface area contributed by atoms with Gasteiger partial charge in [-0.25, -0.2) is 9.02 Å². The number of nitrogens with zero attached hydrogens (tertiary/aromatic N) is 3. The van der Waals surface area contributed by atoms with Gasteiger partial charge in [-0.15, -0.1) is 0 Å². The number of hydrogen-bond donors (Lipinski definition) is 1. The third-order valence-corrected chi connectivity index (χ3v) is 2.89. The lowest BCUT2D eigenvalue weighted by Crippen LogP contribution is -2.15. The number of aliphatic imine (C=N–C) groups is 1. The molecule has 1 N–H and O–H groups in total. The van der Waals surface area contributed by atoms with E-state index in [2.05, 4.69) is 41.2 Å². The van der Waals surface area contributed by atoms with Crippen molar-refractivity contribution in [3.05, 3.63) is 39.9 Å². The number of halogens is 2. The van der Waals surface area contributed by atoms with E-state index in [-0.39, 0.29) is 5.82 Å². The van der Waals surface area contributed by atoms with Gasteiger partial charge in [0, 0.05) is 12.7 Å². The van der Waals surface area contributed by atoms with Gasteiger partial charge >= 0.3 is 0 Å². The van der Waals surface area contributed by atoms with Crippen molar-refractivity contribution < 1.29 is 9.02 Å². The molecule has 0 atom stereocenters. The maximum Gasteiger partial charge on any atom is 0.172 e. The van der Waals surface area contributed by atoms with Gasteiger partial charge in [0.15, 0.2) is 11.5 Å². The van der Waals surface area contributed by atoms with Crippen LogP contribution in [0.4, 0.5) is 10.1 Å². The van der Waals surface area contributed by atoms with Gasteiger partial charge in [0.25, 0.3) is 0 Å². The molecule has 1 heterocycles. The van der Waals surface area contributed by atoms with Gasteiger partial charge < -0.3 is 5.32 Å². The largest absolute Gasteiger partial charge is 0.339 e. The zero-order valence-corrected chi connectivity index (χ0v) is 11.3. The number of hydrogen-bond acceptors (Lipinski definition) is 4. The Kier molecular flexibility index (Phi) is 3.71. The number of aromatic nitrogens is 2. The van der Waals surface area contributed by atoms with Crippen LogP contribution in [0.15, 0.2) is 32.3 Å². The molecule has 0 aliphatic heterocycles. The Morgan fingerprint density at radius 2 is 2.22 bits per heavy atom.